The molecule has 0 aliphatic carbocycles. The van der Waals surface area contributed by atoms with Gasteiger partial charge in [0.1, 0.15) is 5.75 Å². The predicted octanol–water partition coefficient (Wildman–Crippen LogP) is 1.83. The number of anilines is 1. The Morgan fingerprint density at radius 2 is 2.00 bits per heavy atom. The Balaban J connectivity index is 2.37. The van der Waals surface area contributed by atoms with Crippen molar-refractivity contribution in [2.24, 2.45) is 0 Å². The highest BCUT2D eigenvalue weighted by Crippen LogP contribution is 2.35. The topological polar surface area (TPSA) is 75.7 Å². The number of benzene rings is 1. The molecule has 0 saturated heterocycles. The van der Waals surface area contributed by atoms with Crippen molar-refractivity contribution in [3.63, 3.8) is 0 Å². The summed E-state index contributed by atoms with van der Waals surface area (Å²) in [5, 5.41) is 2.88. The van der Waals surface area contributed by atoms with Crippen molar-refractivity contribution in [1.29, 1.82) is 0 Å². The number of nitrogens with one attached hydrogen (secondary N) is 1. The molecular weight excluding hydrogens is 316 g/mol. The minimum atomic E-state index is -3.44. The van der Waals surface area contributed by atoms with Crippen LogP contribution < -0.4 is 14.4 Å². The van der Waals surface area contributed by atoms with Crippen molar-refractivity contribution in [3.8, 4) is 5.75 Å². The van der Waals surface area contributed by atoms with Crippen LogP contribution in [0.15, 0.2) is 18.2 Å². The van der Waals surface area contributed by atoms with Gasteiger partial charge in [0, 0.05) is 18.5 Å². The molecule has 128 valence electrons. The normalized spacial score (nSPS) is 18.7. The van der Waals surface area contributed by atoms with Crippen LogP contribution in [0, 0.1) is 6.92 Å². The van der Waals surface area contributed by atoms with Crippen LogP contribution in [0.25, 0.3) is 0 Å². The number of amides is 1. The van der Waals surface area contributed by atoms with Gasteiger partial charge < -0.3 is 10.1 Å². The molecule has 0 aromatic heterocycles. The van der Waals surface area contributed by atoms with Crippen molar-refractivity contribution in [1.82, 2.24) is 5.32 Å². The molecule has 23 heavy (non-hydrogen) atoms. The third-order valence-electron chi connectivity index (χ3n) is 3.44. The van der Waals surface area contributed by atoms with Gasteiger partial charge in [-0.2, -0.15) is 0 Å². The zero-order valence-corrected chi connectivity index (χ0v) is 15.0. The van der Waals surface area contributed by atoms with E-state index in [0.717, 1.165) is 11.8 Å². The molecule has 1 aliphatic rings. The van der Waals surface area contributed by atoms with Gasteiger partial charge in [-0.25, -0.2) is 8.42 Å². The lowest BCUT2D eigenvalue weighted by Crippen LogP contribution is -2.48. The average Bonchev–Trinajstić information content (AvgIpc) is 2.55. The first-order valence-corrected chi connectivity index (χ1v) is 9.39. The minimum absolute atomic E-state index is 0.206. The summed E-state index contributed by atoms with van der Waals surface area (Å²) < 4.78 is 31.3. The van der Waals surface area contributed by atoms with Crippen LogP contribution in [0.1, 0.15) is 32.8 Å². The Hall–Kier alpha value is -1.76. The maximum absolute atomic E-state index is 12.4. The standard InChI is InChI=1S/C16H24N2O4S/c1-11-6-7-13-12(10-11)18(23(5,20)21)9-8-14(22-13)15(19)17-16(2,3)4/h6-7,10,14H,8-9H2,1-5H3,(H,17,19)/t14-/m0/s1. The number of rotatable bonds is 2. The van der Waals surface area contributed by atoms with Gasteiger partial charge in [0.25, 0.3) is 5.91 Å². The van der Waals surface area contributed by atoms with Crippen molar-refractivity contribution < 1.29 is 17.9 Å². The molecule has 1 N–H and O–H groups in total. The van der Waals surface area contributed by atoms with Crippen LogP contribution in [0.2, 0.25) is 0 Å². The Bertz CT molecular complexity index is 707. The molecular formula is C16H24N2O4S. The fourth-order valence-electron chi connectivity index (χ4n) is 2.47. The third kappa shape index (κ3) is 4.37. The highest BCUT2D eigenvalue weighted by molar-refractivity contribution is 7.92. The fraction of sp³-hybridized carbons (Fsp3) is 0.562. The summed E-state index contributed by atoms with van der Waals surface area (Å²) in [5.74, 6) is 0.173. The van der Waals surface area contributed by atoms with E-state index in [1.807, 2.05) is 33.8 Å². The smallest absolute Gasteiger partial charge is 0.261 e. The van der Waals surface area contributed by atoms with Gasteiger partial charge in [-0.3, -0.25) is 9.10 Å². The fourth-order valence-corrected chi connectivity index (χ4v) is 3.41. The number of hydrogen-bond donors (Lipinski definition) is 1. The van der Waals surface area contributed by atoms with Crippen molar-refractivity contribution >= 4 is 21.6 Å². The van der Waals surface area contributed by atoms with E-state index in [1.54, 1.807) is 12.1 Å². The number of hydrogen-bond acceptors (Lipinski definition) is 4. The molecule has 0 radical (unpaired) electrons. The van der Waals surface area contributed by atoms with Crippen LogP contribution in [-0.4, -0.2) is 38.8 Å². The van der Waals surface area contributed by atoms with Gasteiger partial charge in [0.15, 0.2) is 6.10 Å². The molecule has 1 heterocycles. The lowest BCUT2D eigenvalue weighted by atomic mass is 10.1. The summed E-state index contributed by atoms with van der Waals surface area (Å²) in [6.07, 6.45) is 0.736. The summed E-state index contributed by atoms with van der Waals surface area (Å²) in [5.41, 5.74) is 1.04. The number of aryl methyl sites for hydroxylation is 1. The zero-order chi connectivity index (χ0) is 17.4. The van der Waals surface area contributed by atoms with Crippen LogP contribution in [0.3, 0.4) is 0 Å². The molecule has 0 bridgehead atoms. The first-order chi connectivity index (χ1) is 10.5. The minimum Gasteiger partial charge on any atom is -0.478 e. The molecule has 1 aliphatic heterocycles. The maximum Gasteiger partial charge on any atom is 0.261 e. The highest BCUT2D eigenvalue weighted by Gasteiger charge is 2.32. The molecule has 0 fully saturated rings. The monoisotopic (exact) mass is 340 g/mol. The first-order valence-electron chi connectivity index (χ1n) is 7.54. The molecule has 1 aromatic rings. The maximum atomic E-state index is 12.4. The summed E-state index contributed by atoms with van der Waals surface area (Å²) in [4.78, 5) is 12.4. The first kappa shape index (κ1) is 17.6. The SMILES string of the molecule is Cc1ccc2c(c1)N(S(C)(=O)=O)CC[C@@H](C(=O)NC(C)(C)C)O2. The van der Waals surface area contributed by atoms with Crippen LogP contribution in [-0.2, 0) is 14.8 Å². The molecule has 0 saturated carbocycles. The van der Waals surface area contributed by atoms with Crippen molar-refractivity contribution in [2.45, 2.75) is 45.8 Å². The van der Waals surface area contributed by atoms with E-state index in [2.05, 4.69) is 5.32 Å². The van der Waals surface area contributed by atoms with Gasteiger partial charge >= 0.3 is 0 Å². The Labute approximate surface area is 137 Å². The van der Waals surface area contributed by atoms with Gasteiger partial charge in [-0.1, -0.05) is 6.07 Å². The molecule has 0 spiro atoms. The van der Waals surface area contributed by atoms with E-state index in [4.69, 9.17) is 4.74 Å². The Morgan fingerprint density at radius 3 is 2.57 bits per heavy atom. The number of fused-ring (bicyclic) bond motifs is 1. The lowest BCUT2D eigenvalue weighted by Gasteiger charge is -2.24. The van der Waals surface area contributed by atoms with Crippen molar-refractivity contribution in [2.75, 3.05) is 17.1 Å². The average molecular weight is 340 g/mol. The molecule has 0 unspecified atom stereocenters. The highest BCUT2D eigenvalue weighted by atomic mass is 32.2. The van der Waals surface area contributed by atoms with Gasteiger partial charge in [-0.15, -0.1) is 0 Å². The van der Waals surface area contributed by atoms with E-state index >= 15 is 0 Å². The van der Waals surface area contributed by atoms with Crippen molar-refractivity contribution in [3.05, 3.63) is 23.8 Å². The summed E-state index contributed by atoms with van der Waals surface area (Å²) >= 11 is 0. The van der Waals surface area contributed by atoms with E-state index in [0.29, 0.717) is 17.9 Å². The largest absolute Gasteiger partial charge is 0.478 e. The number of carbonyl (C=O) groups excluding carboxylic acids is 1. The third-order valence-corrected chi connectivity index (χ3v) is 4.62. The Kier molecular flexibility index (Phi) is 4.61. The van der Waals surface area contributed by atoms with Gasteiger partial charge in [-0.05, 0) is 45.4 Å². The molecule has 1 aromatic carbocycles. The predicted molar refractivity (Wildman–Crippen MR) is 90.3 cm³/mol. The lowest BCUT2D eigenvalue weighted by molar-refractivity contribution is -0.129. The molecule has 7 heteroatoms. The second-order valence-electron chi connectivity index (χ2n) is 6.94. The van der Waals surface area contributed by atoms with Crippen LogP contribution in [0.5, 0.6) is 5.75 Å². The van der Waals surface area contributed by atoms with Gasteiger partial charge in [0.2, 0.25) is 10.0 Å². The molecule has 1 amide bonds. The second kappa shape index (κ2) is 6.03. The van der Waals surface area contributed by atoms with Crippen LogP contribution >= 0.6 is 0 Å². The van der Waals surface area contributed by atoms with Gasteiger partial charge in [0.05, 0.1) is 11.9 Å². The Morgan fingerprint density at radius 1 is 1.35 bits per heavy atom. The van der Waals surface area contributed by atoms with Crippen LogP contribution in [0.4, 0.5) is 5.69 Å². The number of nitrogens with zero attached hydrogens (tertiary/aromatic N) is 1. The number of sulfonamides is 1. The summed E-state index contributed by atoms with van der Waals surface area (Å²) in [6, 6.07) is 5.31. The van der Waals surface area contributed by atoms with E-state index in [9.17, 15) is 13.2 Å². The molecule has 2 rings (SSSR count). The summed E-state index contributed by atoms with van der Waals surface area (Å²) in [6.45, 7) is 7.76. The van der Waals surface area contributed by atoms with E-state index < -0.39 is 16.1 Å². The zero-order valence-electron chi connectivity index (χ0n) is 14.2. The molecule has 1 atom stereocenters. The van der Waals surface area contributed by atoms with E-state index in [1.165, 1.54) is 4.31 Å². The van der Waals surface area contributed by atoms with E-state index in [-0.39, 0.29) is 18.0 Å². The summed E-state index contributed by atoms with van der Waals surface area (Å²) in [7, 11) is -3.44. The number of ether oxygens (including phenoxy) is 1. The molecule has 6 nitrogen and oxygen atoms in total. The second-order valence-corrected chi connectivity index (χ2v) is 8.85. The number of carbonyl (C=O) groups is 1. The quantitative estimate of drug-likeness (QED) is 0.891.